The van der Waals surface area contributed by atoms with Gasteiger partial charge in [-0.25, -0.2) is 0 Å². The first kappa shape index (κ1) is 14.4. The largest absolute Gasteiger partial charge is 0.384 e. The molecule has 1 aromatic carbocycles. The lowest BCUT2D eigenvalue weighted by atomic mass is 9.96. The summed E-state index contributed by atoms with van der Waals surface area (Å²) in [5.41, 5.74) is 9.63. The van der Waals surface area contributed by atoms with Crippen LogP contribution in [0.4, 0.5) is 5.69 Å². The molecule has 0 amide bonds. The SMILES string of the molecule is Cc1cccc(C)c1NCC1CCN(CCN)CC1. The van der Waals surface area contributed by atoms with E-state index < -0.39 is 0 Å². The summed E-state index contributed by atoms with van der Waals surface area (Å²) < 4.78 is 0. The molecular formula is C16H27N3. The Morgan fingerprint density at radius 2 is 1.84 bits per heavy atom. The average molecular weight is 261 g/mol. The van der Waals surface area contributed by atoms with Crippen LogP contribution in [0, 0.1) is 19.8 Å². The van der Waals surface area contributed by atoms with E-state index in [1.807, 2.05) is 0 Å². The molecule has 0 aliphatic carbocycles. The first-order chi connectivity index (χ1) is 9.20. The van der Waals surface area contributed by atoms with Crippen LogP contribution in [0.1, 0.15) is 24.0 Å². The number of anilines is 1. The zero-order valence-corrected chi connectivity index (χ0v) is 12.3. The van der Waals surface area contributed by atoms with Crippen LogP contribution in [0.5, 0.6) is 0 Å². The van der Waals surface area contributed by atoms with Crippen LogP contribution in [0.25, 0.3) is 0 Å². The van der Waals surface area contributed by atoms with Crippen molar-refractivity contribution in [1.29, 1.82) is 0 Å². The number of piperidine rings is 1. The third-order valence-corrected chi connectivity index (χ3v) is 4.20. The highest BCUT2D eigenvalue weighted by Crippen LogP contribution is 2.22. The molecule has 3 nitrogen and oxygen atoms in total. The molecule has 0 radical (unpaired) electrons. The standard InChI is InChI=1S/C16H27N3/c1-13-4-3-5-14(2)16(13)18-12-15-6-9-19(10-7-15)11-8-17/h3-5,15,18H,6-12,17H2,1-2H3. The Morgan fingerprint density at radius 3 is 2.42 bits per heavy atom. The van der Waals surface area contributed by atoms with Gasteiger partial charge >= 0.3 is 0 Å². The number of nitrogens with zero attached hydrogens (tertiary/aromatic N) is 1. The van der Waals surface area contributed by atoms with Gasteiger partial charge in [0.05, 0.1) is 0 Å². The number of nitrogens with one attached hydrogen (secondary N) is 1. The van der Waals surface area contributed by atoms with Gasteiger partial charge in [0.2, 0.25) is 0 Å². The van der Waals surface area contributed by atoms with Gasteiger partial charge in [0, 0.05) is 25.3 Å². The van der Waals surface area contributed by atoms with Crippen LogP contribution >= 0.6 is 0 Å². The predicted molar refractivity (Wildman–Crippen MR) is 82.6 cm³/mol. The van der Waals surface area contributed by atoms with Crippen LogP contribution in [0.15, 0.2) is 18.2 Å². The van der Waals surface area contributed by atoms with Crippen molar-refractivity contribution in [1.82, 2.24) is 4.90 Å². The number of benzene rings is 1. The second-order valence-corrected chi connectivity index (χ2v) is 5.72. The van der Waals surface area contributed by atoms with E-state index in [0.717, 1.165) is 25.6 Å². The van der Waals surface area contributed by atoms with Gasteiger partial charge in [-0.2, -0.15) is 0 Å². The van der Waals surface area contributed by atoms with E-state index in [2.05, 4.69) is 42.3 Å². The molecule has 2 rings (SSSR count). The Kier molecular flexibility index (Phi) is 5.23. The molecule has 1 heterocycles. The van der Waals surface area contributed by atoms with E-state index in [4.69, 9.17) is 5.73 Å². The smallest absolute Gasteiger partial charge is 0.0399 e. The van der Waals surface area contributed by atoms with Crippen molar-refractivity contribution in [2.24, 2.45) is 11.7 Å². The molecule has 106 valence electrons. The van der Waals surface area contributed by atoms with Crippen molar-refractivity contribution >= 4 is 5.69 Å². The molecule has 0 unspecified atom stereocenters. The van der Waals surface area contributed by atoms with Crippen molar-refractivity contribution in [2.45, 2.75) is 26.7 Å². The van der Waals surface area contributed by atoms with Crippen molar-refractivity contribution in [3.8, 4) is 0 Å². The third-order valence-electron chi connectivity index (χ3n) is 4.20. The Labute approximate surface area is 117 Å². The van der Waals surface area contributed by atoms with Gasteiger partial charge in [-0.1, -0.05) is 18.2 Å². The van der Waals surface area contributed by atoms with E-state index in [1.165, 1.54) is 42.7 Å². The molecule has 0 atom stereocenters. The van der Waals surface area contributed by atoms with Crippen molar-refractivity contribution < 1.29 is 0 Å². The lowest BCUT2D eigenvalue weighted by Gasteiger charge is -2.32. The monoisotopic (exact) mass is 261 g/mol. The van der Waals surface area contributed by atoms with E-state index in [-0.39, 0.29) is 0 Å². The molecule has 3 N–H and O–H groups in total. The van der Waals surface area contributed by atoms with Gasteiger partial charge < -0.3 is 16.0 Å². The number of aryl methyl sites for hydroxylation is 2. The first-order valence-electron chi connectivity index (χ1n) is 7.43. The van der Waals surface area contributed by atoms with Gasteiger partial charge in [0.15, 0.2) is 0 Å². The van der Waals surface area contributed by atoms with E-state index in [1.54, 1.807) is 0 Å². The molecule has 19 heavy (non-hydrogen) atoms. The maximum absolute atomic E-state index is 5.61. The molecule has 1 saturated heterocycles. The number of nitrogens with two attached hydrogens (primary N) is 1. The fraction of sp³-hybridized carbons (Fsp3) is 0.625. The summed E-state index contributed by atoms with van der Waals surface area (Å²) in [6, 6.07) is 6.49. The molecule has 1 aliphatic heterocycles. The van der Waals surface area contributed by atoms with Crippen molar-refractivity contribution in [2.75, 3.05) is 38.0 Å². The second kappa shape index (κ2) is 6.92. The zero-order valence-electron chi connectivity index (χ0n) is 12.3. The first-order valence-corrected chi connectivity index (χ1v) is 7.43. The Hall–Kier alpha value is -1.06. The van der Waals surface area contributed by atoms with Crippen LogP contribution in [-0.4, -0.2) is 37.6 Å². The molecule has 0 bridgehead atoms. The lowest BCUT2D eigenvalue weighted by Crippen LogP contribution is -2.38. The molecule has 1 aromatic rings. The molecule has 0 saturated carbocycles. The van der Waals surface area contributed by atoms with Crippen LogP contribution in [0.3, 0.4) is 0 Å². The molecule has 1 fully saturated rings. The second-order valence-electron chi connectivity index (χ2n) is 5.72. The minimum Gasteiger partial charge on any atom is -0.384 e. The van der Waals surface area contributed by atoms with E-state index >= 15 is 0 Å². The summed E-state index contributed by atoms with van der Waals surface area (Å²) >= 11 is 0. The van der Waals surface area contributed by atoms with Crippen LogP contribution in [-0.2, 0) is 0 Å². The molecule has 3 heteroatoms. The summed E-state index contributed by atoms with van der Waals surface area (Å²) in [6.45, 7) is 9.70. The molecular weight excluding hydrogens is 234 g/mol. The van der Waals surface area contributed by atoms with E-state index in [9.17, 15) is 0 Å². The van der Waals surface area contributed by atoms with Gasteiger partial charge in [-0.05, 0) is 56.8 Å². The summed E-state index contributed by atoms with van der Waals surface area (Å²) in [7, 11) is 0. The normalized spacial score (nSPS) is 17.6. The zero-order chi connectivity index (χ0) is 13.7. The summed E-state index contributed by atoms with van der Waals surface area (Å²) in [5.74, 6) is 0.799. The Bertz CT molecular complexity index is 375. The topological polar surface area (TPSA) is 41.3 Å². The minimum atomic E-state index is 0.783. The maximum atomic E-state index is 5.61. The van der Waals surface area contributed by atoms with Gasteiger partial charge in [0.25, 0.3) is 0 Å². The number of hydrogen-bond acceptors (Lipinski definition) is 3. The third kappa shape index (κ3) is 3.95. The Balaban J connectivity index is 1.81. The van der Waals surface area contributed by atoms with Crippen LogP contribution < -0.4 is 11.1 Å². The minimum absolute atomic E-state index is 0.783. The quantitative estimate of drug-likeness (QED) is 0.855. The van der Waals surface area contributed by atoms with E-state index in [0.29, 0.717) is 0 Å². The number of likely N-dealkylation sites (tertiary alicyclic amines) is 1. The average Bonchev–Trinajstić information content (AvgIpc) is 2.40. The Morgan fingerprint density at radius 1 is 1.21 bits per heavy atom. The fourth-order valence-electron chi connectivity index (χ4n) is 2.94. The van der Waals surface area contributed by atoms with Gasteiger partial charge in [-0.3, -0.25) is 0 Å². The van der Waals surface area contributed by atoms with Crippen molar-refractivity contribution in [3.05, 3.63) is 29.3 Å². The molecule has 0 aromatic heterocycles. The summed E-state index contributed by atoms with van der Waals surface area (Å²) in [5, 5.41) is 3.65. The predicted octanol–water partition coefficient (Wildman–Crippen LogP) is 2.39. The van der Waals surface area contributed by atoms with Crippen molar-refractivity contribution in [3.63, 3.8) is 0 Å². The maximum Gasteiger partial charge on any atom is 0.0399 e. The molecule has 1 aliphatic rings. The number of rotatable bonds is 5. The summed E-state index contributed by atoms with van der Waals surface area (Å²) in [6.07, 6.45) is 2.58. The number of para-hydroxylation sites is 1. The highest BCUT2D eigenvalue weighted by Gasteiger charge is 2.18. The highest BCUT2D eigenvalue weighted by molar-refractivity contribution is 5.56. The molecule has 0 spiro atoms. The van der Waals surface area contributed by atoms with Crippen LogP contribution in [0.2, 0.25) is 0 Å². The fourth-order valence-corrected chi connectivity index (χ4v) is 2.94. The summed E-state index contributed by atoms with van der Waals surface area (Å²) in [4.78, 5) is 2.48. The highest BCUT2D eigenvalue weighted by atomic mass is 15.1. The van der Waals surface area contributed by atoms with Gasteiger partial charge in [-0.15, -0.1) is 0 Å². The number of hydrogen-bond donors (Lipinski definition) is 2. The lowest BCUT2D eigenvalue weighted by molar-refractivity contribution is 0.194. The van der Waals surface area contributed by atoms with Gasteiger partial charge in [0.1, 0.15) is 0 Å².